The van der Waals surface area contributed by atoms with Crippen LogP contribution in [0.2, 0.25) is 0 Å². The predicted molar refractivity (Wildman–Crippen MR) is 64.3 cm³/mol. The number of nitrogens with two attached hydrogens (primary N) is 1. The van der Waals surface area contributed by atoms with E-state index in [-0.39, 0.29) is 5.54 Å². The van der Waals surface area contributed by atoms with Gasteiger partial charge in [0.25, 0.3) is 0 Å². The largest absolute Gasteiger partial charge is 0.507 e. The Kier molecular flexibility index (Phi) is 3.10. The van der Waals surface area contributed by atoms with Crippen molar-refractivity contribution in [2.45, 2.75) is 46.6 Å². The summed E-state index contributed by atoms with van der Waals surface area (Å²) < 4.78 is 0. The molecular weight excluding hydrogens is 186 g/mol. The molecule has 0 saturated carbocycles. The number of rotatable bonds is 2. The second-order valence-corrected chi connectivity index (χ2v) is 5.12. The second kappa shape index (κ2) is 3.86. The van der Waals surface area contributed by atoms with Crippen LogP contribution in [0, 0.1) is 20.8 Å². The number of phenolic OH excluding ortho intramolecular Hbond substituents is 1. The molecule has 0 fully saturated rings. The van der Waals surface area contributed by atoms with Crippen molar-refractivity contribution >= 4 is 0 Å². The number of benzene rings is 1. The molecule has 0 atom stereocenters. The fourth-order valence-corrected chi connectivity index (χ4v) is 1.83. The highest BCUT2D eigenvalue weighted by Gasteiger charge is 2.16. The van der Waals surface area contributed by atoms with Crippen LogP contribution in [0.1, 0.15) is 36.1 Å². The molecule has 0 amide bonds. The van der Waals surface area contributed by atoms with Crippen molar-refractivity contribution < 1.29 is 5.11 Å². The summed E-state index contributed by atoms with van der Waals surface area (Å²) in [6.45, 7) is 9.95. The van der Waals surface area contributed by atoms with Crippen LogP contribution in [-0.4, -0.2) is 10.6 Å². The molecular formula is C13H21NO. The molecule has 1 aromatic rings. The molecule has 0 bridgehead atoms. The normalized spacial score (nSPS) is 11.9. The van der Waals surface area contributed by atoms with Gasteiger partial charge < -0.3 is 10.8 Å². The zero-order valence-electron chi connectivity index (χ0n) is 10.3. The minimum Gasteiger partial charge on any atom is -0.507 e. The van der Waals surface area contributed by atoms with E-state index < -0.39 is 0 Å². The van der Waals surface area contributed by atoms with Gasteiger partial charge in [-0.25, -0.2) is 0 Å². The molecule has 1 aromatic carbocycles. The summed E-state index contributed by atoms with van der Waals surface area (Å²) in [7, 11) is 0. The standard InChI is InChI=1S/C13H21NO/c1-8-6-11(7-13(4,5)14)9(2)10(3)12(8)15/h6,15H,7,14H2,1-5H3. The molecule has 2 nitrogen and oxygen atoms in total. The van der Waals surface area contributed by atoms with Crippen molar-refractivity contribution in [3.63, 3.8) is 0 Å². The van der Waals surface area contributed by atoms with E-state index in [2.05, 4.69) is 0 Å². The van der Waals surface area contributed by atoms with Crippen LogP contribution < -0.4 is 5.73 Å². The van der Waals surface area contributed by atoms with Crippen molar-refractivity contribution in [1.29, 1.82) is 0 Å². The Morgan fingerprint density at radius 3 is 2.20 bits per heavy atom. The zero-order chi connectivity index (χ0) is 11.8. The van der Waals surface area contributed by atoms with Gasteiger partial charge in [-0.15, -0.1) is 0 Å². The van der Waals surface area contributed by atoms with E-state index in [9.17, 15) is 5.11 Å². The SMILES string of the molecule is Cc1cc(CC(C)(C)N)c(C)c(C)c1O. The van der Waals surface area contributed by atoms with Crippen molar-refractivity contribution in [2.24, 2.45) is 5.73 Å². The van der Waals surface area contributed by atoms with E-state index >= 15 is 0 Å². The van der Waals surface area contributed by atoms with E-state index in [0.29, 0.717) is 5.75 Å². The van der Waals surface area contributed by atoms with Gasteiger partial charge in [0.15, 0.2) is 0 Å². The second-order valence-electron chi connectivity index (χ2n) is 5.12. The molecule has 0 aliphatic carbocycles. The molecule has 0 aromatic heterocycles. The first-order chi connectivity index (χ1) is 6.72. The molecule has 2 heteroatoms. The summed E-state index contributed by atoms with van der Waals surface area (Å²) in [5.74, 6) is 0.408. The Balaban J connectivity index is 3.21. The summed E-state index contributed by atoms with van der Waals surface area (Å²) in [5.41, 5.74) is 10.1. The highest BCUT2D eigenvalue weighted by Crippen LogP contribution is 2.28. The van der Waals surface area contributed by atoms with Gasteiger partial charge in [-0.3, -0.25) is 0 Å². The summed E-state index contributed by atoms with van der Waals surface area (Å²) >= 11 is 0. The number of hydrogen-bond donors (Lipinski definition) is 2. The van der Waals surface area contributed by atoms with E-state index in [4.69, 9.17) is 5.73 Å². The van der Waals surface area contributed by atoms with Crippen molar-refractivity contribution in [3.8, 4) is 5.75 Å². The lowest BCUT2D eigenvalue weighted by Crippen LogP contribution is -2.34. The minimum atomic E-state index is -0.208. The lowest BCUT2D eigenvalue weighted by Gasteiger charge is -2.21. The first-order valence-corrected chi connectivity index (χ1v) is 5.30. The molecule has 0 radical (unpaired) electrons. The average Bonchev–Trinajstić information content (AvgIpc) is 2.08. The number of aromatic hydroxyl groups is 1. The molecule has 15 heavy (non-hydrogen) atoms. The Morgan fingerprint density at radius 2 is 1.73 bits per heavy atom. The Bertz CT molecular complexity index is 375. The van der Waals surface area contributed by atoms with Crippen LogP contribution >= 0.6 is 0 Å². The summed E-state index contributed by atoms with van der Waals surface area (Å²) in [6.07, 6.45) is 0.834. The topological polar surface area (TPSA) is 46.2 Å². The molecule has 1 rings (SSSR count). The van der Waals surface area contributed by atoms with Crippen LogP contribution in [0.4, 0.5) is 0 Å². The van der Waals surface area contributed by atoms with Gasteiger partial charge in [0.2, 0.25) is 0 Å². The lowest BCUT2D eigenvalue weighted by molar-refractivity contribution is 0.464. The van der Waals surface area contributed by atoms with Gasteiger partial charge >= 0.3 is 0 Å². The van der Waals surface area contributed by atoms with Gasteiger partial charge in [0.1, 0.15) is 5.75 Å². The fourth-order valence-electron chi connectivity index (χ4n) is 1.83. The Labute approximate surface area is 92.1 Å². The van der Waals surface area contributed by atoms with E-state index in [1.807, 2.05) is 40.7 Å². The molecule has 84 valence electrons. The number of hydrogen-bond acceptors (Lipinski definition) is 2. The monoisotopic (exact) mass is 207 g/mol. The summed E-state index contributed by atoms with van der Waals surface area (Å²) in [4.78, 5) is 0. The van der Waals surface area contributed by atoms with Gasteiger partial charge in [-0.2, -0.15) is 0 Å². The van der Waals surface area contributed by atoms with Crippen molar-refractivity contribution in [2.75, 3.05) is 0 Å². The minimum absolute atomic E-state index is 0.208. The first-order valence-electron chi connectivity index (χ1n) is 5.30. The maximum Gasteiger partial charge on any atom is 0.121 e. The summed E-state index contributed by atoms with van der Waals surface area (Å²) in [5, 5.41) is 9.78. The fraction of sp³-hybridized carbons (Fsp3) is 0.538. The summed E-state index contributed by atoms with van der Waals surface area (Å²) in [6, 6.07) is 2.03. The maximum absolute atomic E-state index is 9.78. The van der Waals surface area contributed by atoms with Crippen LogP contribution in [-0.2, 0) is 6.42 Å². The van der Waals surface area contributed by atoms with E-state index in [1.165, 1.54) is 5.56 Å². The van der Waals surface area contributed by atoms with Gasteiger partial charge in [-0.05, 0) is 63.3 Å². The lowest BCUT2D eigenvalue weighted by atomic mass is 9.89. The third-order valence-electron chi connectivity index (χ3n) is 2.81. The smallest absolute Gasteiger partial charge is 0.121 e. The van der Waals surface area contributed by atoms with E-state index in [1.54, 1.807) is 0 Å². The molecule has 0 aliphatic rings. The molecule has 0 heterocycles. The van der Waals surface area contributed by atoms with Crippen molar-refractivity contribution in [1.82, 2.24) is 0 Å². The van der Waals surface area contributed by atoms with Gasteiger partial charge in [0, 0.05) is 5.54 Å². The molecule has 0 saturated heterocycles. The van der Waals surface area contributed by atoms with Crippen LogP contribution in [0.5, 0.6) is 5.75 Å². The first kappa shape index (κ1) is 12.1. The highest BCUT2D eigenvalue weighted by molar-refractivity contribution is 5.48. The highest BCUT2D eigenvalue weighted by atomic mass is 16.3. The van der Waals surface area contributed by atoms with Gasteiger partial charge in [-0.1, -0.05) is 6.07 Å². The third-order valence-corrected chi connectivity index (χ3v) is 2.81. The Hall–Kier alpha value is -1.02. The van der Waals surface area contributed by atoms with Crippen molar-refractivity contribution in [3.05, 3.63) is 28.3 Å². The van der Waals surface area contributed by atoms with Crippen LogP contribution in [0.25, 0.3) is 0 Å². The maximum atomic E-state index is 9.78. The molecule has 0 unspecified atom stereocenters. The average molecular weight is 207 g/mol. The van der Waals surface area contributed by atoms with Gasteiger partial charge in [0.05, 0.1) is 0 Å². The molecule has 0 spiro atoms. The number of phenols is 1. The van der Waals surface area contributed by atoms with E-state index in [0.717, 1.165) is 23.1 Å². The molecule has 3 N–H and O–H groups in total. The molecule has 0 aliphatic heterocycles. The number of aryl methyl sites for hydroxylation is 1. The van der Waals surface area contributed by atoms with Crippen LogP contribution in [0.3, 0.4) is 0 Å². The third kappa shape index (κ3) is 2.72. The van der Waals surface area contributed by atoms with Crippen LogP contribution in [0.15, 0.2) is 6.07 Å². The zero-order valence-corrected chi connectivity index (χ0v) is 10.3. The predicted octanol–water partition coefficient (Wildman–Crippen LogP) is 2.60. The quantitative estimate of drug-likeness (QED) is 0.783. The Morgan fingerprint density at radius 1 is 1.20 bits per heavy atom.